The van der Waals surface area contributed by atoms with E-state index in [0.29, 0.717) is 35.2 Å². The number of amides is 2. The lowest BCUT2D eigenvalue weighted by Gasteiger charge is -2.36. The van der Waals surface area contributed by atoms with Gasteiger partial charge in [-0.2, -0.15) is 23.5 Å². The van der Waals surface area contributed by atoms with Crippen LogP contribution in [0.25, 0.3) is 0 Å². The maximum Gasteiger partial charge on any atom is 0.417 e. The van der Waals surface area contributed by atoms with E-state index < -0.39 is 34.9 Å². The van der Waals surface area contributed by atoms with Crippen molar-refractivity contribution in [1.29, 1.82) is 5.26 Å². The number of hydrogen-bond acceptors (Lipinski definition) is 8. The number of rotatable bonds is 11. The molecule has 0 aromatic heterocycles. The Bertz CT molecular complexity index is 1270. The minimum absolute atomic E-state index is 0.159. The highest BCUT2D eigenvalue weighted by Gasteiger charge is 2.38. The van der Waals surface area contributed by atoms with E-state index in [0.717, 1.165) is 17.7 Å². The van der Waals surface area contributed by atoms with E-state index in [9.17, 15) is 27.9 Å². The van der Waals surface area contributed by atoms with Crippen molar-refractivity contribution in [3.8, 4) is 6.07 Å². The summed E-state index contributed by atoms with van der Waals surface area (Å²) in [5.41, 5.74) is -1.45. The van der Waals surface area contributed by atoms with E-state index in [4.69, 9.17) is 11.1 Å². The SMILES string of the molecule is CC(O)CC/C(C=Nc1ccc(CN(C)C(C)(C)C(=O)N(C=O)c2ccc(C#N)c(C(F)(F)F)c2)cc1)=N/N. The van der Waals surface area contributed by atoms with Crippen molar-refractivity contribution >= 4 is 35.6 Å². The van der Waals surface area contributed by atoms with Crippen LogP contribution in [0.2, 0.25) is 0 Å². The lowest BCUT2D eigenvalue weighted by molar-refractivity contribution is -0.138. The van der Waals surface area contributed by atoms with E-state index in [1.165, 1.54) is 12.3 Å². The number of aliphatic imine (C=N–C) groups is 1. The van der Waals surface area contributed by atoms with Crippen molar-refractivity contribution in [3.63, 3.8) is 0 Å². The molecule has 3 N–H and O–H groups in total. The number of alkyl halides is 3. The minimum atomic E-state index is -4.84. The molecule has 1 unspecified atom stereocenters. The first-order chi connectivity index (χ1) is 18.2. The average Bonchev–Trinajstić information content (AvgIpc) is 2.89. The van der Waals surface area contributed by atoms with Crippen molar-refractivity contribution in [2.45, 2.75) is 58.0 Å². The molecule has 2 aromatic rings. The number of hydrazone groups is 1. The third-order valence-corrected chi connectivity index (χ3v) is 6.21. The second kappa shape index (κ2) is 13.1. The molecule has 12 heteroatoms. The summed E-state index contributed by atoms with van der Waals surface area (Å²) in [6.07, 6.45) is -2.67. The largest absolute Gasteiger partial charge is 0.417 e. The lowest BCUT2D eigenvalue weighted by atomic mass is 9.99. The zero-order valence-corrected chi connectivity index (χ0v) is 22.1. The predicted molar refractivity (Wildman–Crippen MR) is 142 cm³/mol. The molecule has 208 valence electrons. The van der Waals surface area contributed by atoms with Crippen molar-refractivity contribution in [1.82, 2.24) is 4.90 Å². The van der Waals surface area contributed by atoms with Gasteiger partial charge in [-0.1, -0.05) is 12.1 Å². The molecule has 9 nitrogen and oxygen atoms in total. The molecule has 0 radical (unpaired) electrons. The van der Waals surface area contributed by atoms with Crippen molar-refractivity contribution in [2.75, 3.05) is 11.9 Å². The normalized spacial score (nSPS) is 13.4. The topological polar surface area (TPSA) is 135 Å². The Morgan fingerprint density at radius 2 is 1.85 bits per heavy atom. The molecule has 2 rings (SSSR count). The highest BCUT2D eigenvalue weighted by molar-refractivity contribution is 6.31. The number of carbonyl (C=O) groups excluding carboxylic acids is 2. The Morgan fingerprint density at radius 3 is 2.36 bits per heavy atom. The number of anilines is 1. The monoisotopic (exact) mass is 544 g/mol. The van der Waals surface area contributed by atoms with E-state index in [2.05, 4.69) is 10.1 Å². The van der Waals surface area contributed by atoms with Gasteiger partial charge in [-0.3, -0.25) is 24.4 Å². The number of aliphatic hydroxyl groups is 1. The van der Waals surface area contributed by atoms with Crippen LogP contribution >= 0.6 is 0 Å². The fourth-order valence-corrected chi connectivity index (χ4v) is 3.53. The number of carbonyl (C=O) groups is 2. The molecule has 0 aliphatic carbocycles. The van der Waals surface area contributed by atoms with Crippen molar-refractivity contribution in [3.05, 3.63) is 59.2 Å². The summed E-state index contributed by atoms with van der Waals surface area (Å²) in [5.74, 6) is 4.62. The third-order valence-electron chi connectivity index (χ3n) is 6.21. The van der Waals surface area contributed by atoms with Crippen LogP contribution in [0.15, 0.2) is 52.6 Å². The molecule has 0 heterocycles. The van der Waals surface area contributed by atoms with Gasteiger partial charge in [0.15, 0.2) is 0 Å². The van der Waals surface area contributed by atoms with Crippen LogP contribution in [0.5, 0.6) is 0 Å². The lowest BCUT2D eigenvalue weighted by Crippen LogP contribution is -2.54. The van der Waals surface area contributed by atoms with E-state index in [1.807, 2.05) is 0 Å². The van der Waals surface area contributed by atoms with Gasteiger partial charge in [-0.15, -0.1) is 0 Å². The van der Waals surface area contributed by atoms with Crippen molar-refractivity contribution < 1.29 is 27.9 Å². The molecular weight excluding hydrogens is 513 g/mol. The number of likely N-dealkylation sites (N-methyl/N-ethyl adjacent to an activating group) is 1. The Balaban J connectivity index is 2.18. The van der Waals surface area contributed by atoms with Gasteiger partial charge in [-0.05, 0) is 76.6 Å². The Labute approximate surface area is 225 Å². The first kappa shape index (κ1) is 31.1. The van der Waals surface area contributed by atoms with Crippen LogP contribution in [0.1, 0.15) is 50.3 Å². The average molecular weight is 545 g/mol. The van der Waals surface area contributed by atoms with Crippen LogP contribution in [0.4, 0.5) is 24.5 Å². The number of hydrogen-bond donors (Lipinski definition) is 2. The summed E-state index contributed by atoms with van der Waals surface area (Å²) in [6.45, 7) is 5.06. The quantitative estimate of drug-likeness (QED) is 0.189. The van der Waals surface area contributed by atoms with Crippen LogP contribution in [-0.2, 0) is 22.3 Å². The highest BCUT2D eigenvalue weighted by atomic mass is 19.4. The van der Waals surface area contributed by atoms with Crippen molar-refractivity contribution in [2.24, 2.45) is 15.9 Å². The molecule has 39 heavy (non-hydrogen) atoms. The zero-order chi connectivity index (χ0) is 29.4. The molecule has 2 aromatic carbocycles. The van der Waals surface area contributed by atoms with Gasteiger partial charge in [0.25, 0.3) is 5.91 Å². The third kappa shape index (κ3) is 8.20. The molecule has 0 aliphatic heterocycles. The second-order valence-corrected chi connectivity index (χ2v) is 9.47. The van der Waals surface area contributed by atoms with Gasteiger partial charge in [0.05, 0.1) is 52.1 Å². The van der Waals surface area contributed by atoms with E-state index in [1.54, 1.807) is 57.0 Å². The Kier molecular flexibility index (Phi) is 10.5. The van der Waals surface area contributed by atoms with Gasteiger partial charge >= 0.3 is 6.18 Å². The second-order valence-electron chi connectivity index (χ2n) is 9.47. The predicted octanol–water partition coefficient (Wildman–Crippen LogP) is 4.16. The molecule has 2 amide bonds. The summed E-state index contributed by atoms with van der Waals surface area (Å²) in [7, 11) is 1.65. The fourth-order valence-electron chi connectivity index (χ4n) is 3.53. The first-order valence-electron chi connectivity index (χ1n) is 11.9. The van der Waals surface area contributed by atoms with E-state index in [-0.39, 0.29) is 18.6 Å². The number of benzene rings is 2. The number of halogens is 3. The molecular formula is C27H31F3N6O3. The fraction of sp³-hybridized carbons (Fsp3) is 0.370. The number of nitrogens with two attached hydrogens (primary N) is 1. The Morgan fingerprint density at radius 1 is 1.21 bits per heavy atom. The van der Waals surface area contributed by atoms with Gasteiger partial charge < -0.3 is 10.9 Å². The first-order valence-corrected chi connectivity index (χ1v) is 11.9. The number of imide groups is 1. The zero-order valence-electron chi connectivity index (χ0n) is 22.1. The summed E-state index contributed by atoms with van der Waals surface area (Å²) < 4.78 is 40.2. The standard InChI is InChI=1S/C27H31F3N6O3/c1-18(38)5-9-22(34-32)15-33-21-10-6-19(7-11-21)16-35(4)26(2,3)25(39)36(17-37)23-12-8-20(14-31)24(13-23)27(28,29)30/h6-8,10-13,15,17-18,38H,5,9,16,32H2,1-4H3/b33-15?,34-22-. The van der Waals surface area contributed by atoms with Crippen LogP contribution in [-0.4, -0.2) is 52.9 Å². The van der Waals surface area contributed by atoms with Crippen LogP contribution in [0.3, 0.4) is 0 Å². The molecule has 0 saturated carbocycles. The number of nitriles is 1. The maximum atomic E-state index is 13.4. The molecule has 0 spiro atoms. The smallest absolute Gasteiger partial charge is 0.393 e. The van der Waals surface area contributed by atoms with Gasteiger partial charge in [0.2, 0.25) is 6.41 Å². The highest BCUT2D eigenvalue weighted by Crippen LogP contribution is 2.35. The summed E-state index contributed by atoms with van der Waals surface area (Å²) in [6, 6.07) is 11.2. The van der Waals surface area contributed by atoms with Gasteiger partial charge in [0, 0.05) is 6.54 Å². The Hall–Kier alpha value is -4.08. The van der Waals surface area contributed by atoms with Gasteiger partial charge in [-0.25, -0.2) is 0 Å². The minimum Gasteiger partial charge on any atom is -0.393 e. The van der Waals surface area contributed by atoms with Crippen LogP contribution in [0, 0.1) is 11.3 Å². The molecule has 1 atom stereocenters. The van der Waals surface area contributed by atoms with E-state index >= 15 is 0 Å². The summed E-state index contributed by atoms with van der Waals surface area (Å²) in [5, 5.41) is 22.1. The summed E-state index contributed by atoms with van der Waals surface area (Å²) in [4.78, 5) is 31.7. The molecule has 0 fully saturated rings. The summed E-state index contributed by atoms with van der Waals surface area (Å²) >= 11 is 0. The van der Waals surface area contributed by atoms with Crippen LogP contribution < -0.4 is 10.7 Å². The molecule has 0 bridgehead atoms. The maximum absolute atomic E-state index is 13.4. The number of nitrogens with zero attached hydrogens (tertiary/aromatic N) is 5. The van der Waals surface area contributed by atoms with Gasteiger partial charge in [0.1, 0.15) is 0 Å². The molecule has 0 saturated heterocycles. The number of aliphatic hydroxyl groups excluding tert-OH is 1. The molecule has 0 aliphatic rings.